The molecule has 110 valence electrons. The van der Waals surface area contributed by atoms with Crippen LogP contribution in [0.15, 0.2) is 48.8 Å². The van der Waals surface area contributed by atoms with Gasteiger partial charge < -0.3 is 5.21 Å². The molecule has 0 unspecified atom stereocenters. The maximum atomic E-state index is 11.1. The summed E-state index contributed by atoms with van der Waals surface area (Å²) in [7, 11) is 0. The van der Waals surface area contributed by atoms with Crippen LogP contribution in [0.25, 0.3) is 22.5 Å². The Hall–Kier alpha value is -2.17. The van der Waals surface area contributed by atoms with Crippen LogP contribution in [-0.2, 0) is 0 Å². The van der Waals surface area contributed by atoms with Gasteiger partial charge in [0.25, 0.3) is 0 Å². The van der Waals surface area contributed by atoms with E-state index in [1.165, 1.54) is 12.4 Å². The molecule has 22 heavy (non-hydrogen) atoms. The quantitative estimate of drug-likeness (QED) is 0.404. The second-order valence-electron chi connectivity index (χ2n) is 4.82. The van der Waals surface area contributed by atoms with Crippen molar-refractivity contribution < 1.29 is 4.73 Å². The number of hydrogen-bond acceptors (Lipinski definition) is 3. The number of aryl methyl sites for hydroxylation is 1. The fraction of sp³-hybridized carbons (Fsp3) is 0.0625. The van der Waals surface area contributed by atoms with Crippen molar-refractivity contribution in [1.82, 2.24) is 9.97 Å². The minimum absolute atomic E-state index is 0.276. The summed E-state index contributed by atoms with van der Waals surface area (Å²) in [5.74, 6) is 0.381. The van der Waals surface area contributed by atoms with Gasteiger partial charge in [-0.15, -0.1) is 0 Å². The average Bonchev–Trinajstić information content (AvgIpc) is 2.49. The van der Waals surface area contributed by atoms with Crippen molar-refractivity contribution in [3.63, 3.8) is 0 Å². The molecule has 4 nitrogen and oxygen atoms in total. The van der Waals surface area contributed by atoms with Crippen molar-refractivity contribution in [1.29, 1.82) is 0 Å². The lowest BCUT2D eigenvalue weighted by Crippen LogP contribution is -2.23. The van der Waals surface area contributed by atoms with Gasteiger partial charge in [0.1, 0.15) is 10.3 Å². The summed E-state index contributed by atoms with van der Waals surface area (Å²) in [6.45, 7) is 2.00. The highest BCUT2D eigenvalue weighted by Crippen LogP contribution is 2.34. The topological polar surface area (TPSA) is 52.7 Å². The molecule has 1 aromatic carbocycles. The minimum atomic E-state index is 0.276. The Morgan fingerprint density at radius 3 is 1.95 bits per heavy atom. The van der Waals surface area contributed by atoms with E-state index in [1.807, 2.05) is 31.2 Å². The Morgan fingerprint density at radius 2 is 1.41 bits per heavy atom. The Balaban J connectivity index is 2.08. The molecule has 0 amide bonds. The SMILES string of the molecule is Cc1ccc(-c2c(Cl)nc(-c3cc[n+]([O-])cc3)nc2Cl)cc1. The van der Waals surface area contributed by atoms with Crippen LogP contribution in [0.2, 0.25) is 10.3 Å². The molecule has 0 aliphatic rings. The Bertz CT molecular complexity index is 795. The van der Waals surface area contributed by atoms with E-state index in [9.17, 15) is 5.21 Å². The first-order valence-electron chi connectivity index (χ1n) is 6.54. The number of rotatable bonds is 2. The largest absolute Gasteiger partial charge is 0.619 e. The summed E-state index contributed by atoms with van der Waals surface area (Å²) in [6.07, 6.45) is 2.74. The zero-order chi connectivity index (χ0) is 15.7. The molecule has 0 bridgehead atoms. The van der Waals surface area contributed by atoms with Crippen molar-refractivity contribution in [2.24, 2.45) is 0 Å². The zero-order valence-electron chi connectivity index (χ0n) is 11.6. The number of benzene rings is 1. The Kier molecular flexibility index (Phi) is 3.96. The van der Waals surface area contributed by atoms with E-state index >= 15 is 0 Å². The first-order valence-corrected chi connectivity index (χ1v) is 7.29. The van der Waals surface area contributed by atoms with Crippen LogP contribution in [0.3, 0.4) is 0 Å². The molecule has 0 radical (unpaired) electrons. The summed E-state index contributed by atoms with van der Waals surface area (Å²) in [5.41, 5.74) is 3.27. The van der Waals surface area contributed by atoms with E-state index in [0.717, 1.165) is 11.1 Å². The molecule has 3 rings (SSSR count). The second-order valence-corrected chi connectivity index (χ2v) is 5.53. The first-order chi connectivity index (χ1) is 10.5. The molecule has 0 spiro atoms. The van der Waals surface area contributed by atoms with Gasteiger partial charge in [0.15, 0.2) is 18.2 Å². The fourth-order valence-electron chi connectivity index (χ4n) is 2.06. The normalized spacial score (nSPS) is 10.7. The van der Waals surface area contributed by atoms with Crippen LogP contribution in [0.5, 0.6) is 0 Å². The molecular formula is C16H11Cl2N3O. The number of halogens is 2. The molecule has 2 aromatic heterocycles. The molecule has 6 heteroatoms. The predicted octanol–water partition coefficient (Wildman–Crippen LogP) is 4.06. The van der Waals surface area contributed by atoms with Crippen LogP contribution < -0.4 is 4.73 Å². The third-order valence-electron chi connectivity index (χ3n) is 3.22. The molecule has 0 saturated carbocycles. The first kappa shape index (κ1) is 14.8. The Labute approximate surface area is 137 Å². The number of nitrogens with zero attached hydrogens (tertiary/aromatic N) is 3. The average molecular weight is 332 g/mol. The van der Waals surface area contributed by atoms with E-state index in [4.69, 9.17) is 23.2 Å². The molecule has 0 atom stereocenters. The number of pyridine rings is 1. The lowest BCUT2D eigenvalue weighted by atomic mass is 10.1. The van der Waals surface area contributed by atoms with Gasteiger partial charge in [0, 0.05) is 17.7 Å². The van der Waals surface area contributed by atoms with Crippen molar-refractivity contribution in [2.45, 2.75) is 6.92 Å². The van der Waals surface area contributed by atoms with Gasteiger partial charge in [0.05, 0.1) is 5.56 Å². The monoisotopic (exact) mass is 331 g/mol. The standard InChI is InChI=1S/C16H11Cl2N3O/c1-10-2-4-11(5-3-10)13-14(17)19-16(20-15(13)18)12-6-8-21(22)9-7-12/h2-9H,1H3. The number of aromatic nitrogens is 3. The van der Waals surface area contributed by atoms with E-state index in [2.05, 4.69) is 9.97 Å². The van der Waals surface area contributed by atoms with Gasteiger partial charge in [-0.25, -0.2) is 9.97 Å². The van der Waals surface area contributed by atoms with E-state index < -0.39 is 0 Å². The number of hydrogen-bond donors (Lipinski definition) is 0. The van der Waals surface area contributed by atoms with Crippen LogP contribution >= 0.6 is 23.2 Å². The van der Waals surface area contributed by atoms with Crippen LogP contribution in [-0.4, -0.2) is 9.97 Å². The van der Waals surface area contributed by atoms with Gasteiger partial charge >= 0.3 is 0 Å². The molecule has 2 heterocycles. The van der Waals surface area contributed by atoms with Gasteiger partial charge in [-0.2, -0.15) is 4.73 Å². The zero-order valence-corrected chi connectivity index (χ0v) is 13.1. The highest BCUT2D eigenvalue weighted by atomic mass is 35.5. The van der Waals surface area contributed by atoms with Crippen LogP contribution in [0.4, 0.5) is 0 Å². The van der Waals surface area contributed by atoms with Crippen molar-refractivity contribution in [3.05, 3.63) is 69.9 Å². The van der Waals surface area contributed by atoms with E-state index in [-0.39, 0.29) is 10.3 Å². The fourth-order valence-corrected chi connectivity index (χ4v) is 2.66. The molecule has 0 aliphatic heterocycles. The molecular weight excluding hydrogens is 321 g/mol. The van der Waals surface area contributed by atoms with Crippen molar-refractivity contribution >= 4 is 23.2 Å². The van der Waals surface area contributed by atoms with Gasteiger partial charge in [-0.05, 0) is 12.5 Å². The second kappa shape index (κ2) is 5.91. The summed E-state index contributed by atoms with van der Waals surface area (Å²) in [4.78, 5) is 8.58. The van der Waals surface area contributed by atoms with Crippen molar-refractivity contribution in [2.75, 3.05) is 0 Å². The summed E-state index contributed by atoms with van der Waals surface area (Å²) >= 11 is 12.6. The molecule has 0 fully saturated rings. The van der Waals surface area contributed by atoms with Gasteiger partial charge in [-0.1, -0.05) is 53.0 Å². The van der Waals surface area contributed by atoms with Crippen LogP contribution in [0.1, 0.15) is 5.56 Å². The van der Waals surface area contributed by atoms with E-state index in [0.29, 0.717) is 21.7 Å². The van der Waals surface area contributed by atoms with Crippen molar-refractivity contribution in [3.8, 4) is 22.5 Å². The van der Waals surface area contributed by atoms with Gasteiger partial charge in [-0.3, -0.25) is 0 Å². The lowest BCUT2D eigenvalue weighted by molar-refractivity contribution is -0.605. The van der Waals surface area contributed by atoms with Gasteiger partial charge in [0.2, 0.25) is 0 Å². The maximum Gasteiger partial charge on any atom is 0.181 e. The lowest BCUT2D eigenvalue weighted by Gasteiger charge is -2.09. The highest BCUT2D eigenvalue weighted by molar-refractivity contribution is 6.37. The highest BCUT2D eigenvalue weighted by Gasteiger charge is 2.15. The maximum absolute atomic E-state index is 11.1. The Morgan fingerprint density at radius 1 is 0.864 bits per heavy atom. The summed E-state index contributed by atoms with van der Waals surface area (Å²) in [5, 5.41) is 11.6. The van der Waals surface area contributed by atoms with Crippen LogP contribution in [0, 0.1) is 12.1 Å². The predicted molar refractivity (Wildman–Crippen MR) is 86.6 cm³/mol. The molecule has 0 aliphatic carbocycles. The third-order valence-corrected chi connectivity index (χ3v) is 3.77. The molecule has 3 aromatic rings. The summed E-state index contributed by atoms with van der Waals surface area (Å²) < 4.78 is 0.688. The minimum Gasteiger partial charge on any atom is -0.619 e. The summed E-state index contributed by atoms with van der Waals surface area (Å²) in [6, 6.07) is 11.0. The van der Waals surface area contributed by atoms with E-state index in [1.54, 1.807) is 12.1 Å². The molecule has 0 saturated heterocycles. The smallest absolute Gasteiger partial charge is 0.181 e. The molecule has 0 N–H and O–H groups in total. The third kappa shape index (κ3) is 2.89.